The summed E-state index contributed by atoms with van der Waals surface area (Å²) < 4.78 is 47.4. The van der Waals surface area contributed by atoms with Gasteiger partial charge < -0.3 is 20.1 Å². The smallest absolute Gasteiger partial charge is 0.416 e. The van der Waals surface area contributed by atoms with Crippen LogP contribution in [0.15, 0.2) is 107 Å². The molecule has 0 aromatic heterocycles. The van der Waals surface area contributed by atoms with E-state index in [4.69, 9.17) is 4.74 Å². The molecule has 4 aromatic carbocycles. The Bertz CT molecular complexity index is 1740. The number of carbonyl (C=O) groups is 2. The number of aliphatic hydroxyl groups excluding tert-OH is 1. The van der Waals surface area contributed by atoms with Crippen molar-refractivity contribution in [2.45, 2.75) is 54.9 Å². The number of para-hydroxylation sites is 1. The second kappa shape index (κ2) is 15.9. The van der Waals surface area contributed by atoms with Crippen LogP contribution in [0.5, 0.6) is 5.75 Å². The van der Waals surface area contributed by atoms with E-state index in [0.717, 1.165) is 21.4 Å². The highest BCUT2D eigenvalue weighted by Gasteiger charge is 2.36. The summed E-state index contributed by atoms with van der Waals surface area (Å²) >= 11 is 1.69. The SMILES string of the molecule is C[C@@H]1CN([C@@H](C)CO)C(=O)c2cccc(NC(=O)Cc3ccccc3C(F)(F)F)c2O[C@@H]1CN(C)Cc1ccc(Sc2ccccc2)cc1. The van der Waals surface area contributed by atoms with Gasteiger partial charge in [0.25, 0.3) is 5.91 Å². The van der Waals surface area contributed by atoms with Crippen LogP contribution in [-0.4, -0.2) is 65.6 Å². The average molecular weight is 692 g/mol. The molecular formula is C38H40F3N3O4S. The van der Waals surface area contributed by atoms with Crippen molar-refractivity contribution in [1.82, 2.24) is 9.80 Å². The van der Waals surface area contributed by atoms with Crippen LogP contribution in [0.2, 0.25) is 0 Å². The zero-order chi connectivity index (χ0) is 35.1. The lowest BCUT2D eigenvalue weighted by atomic mass is 9.98. The van der Waals surface area contributed by atoms with Gasteiger partial charge in [-0.1, -0.05) is 73.3 Å². The van der Waals surface area contributed by atoms with E-state index in [9.17, 15) is 27.9 Å². The topological polar surface area (TPSA) is 82.1 Å². The number of likely N-dealkylation sites (N-methyl/N-ethyl adjacent to an activating group) is 1. The maximum absolute atomic E-state index is 13.8. The van der Waals surface area contributed by atoms with Gasteiger partial charge in [0, 0.05) is 35.3 Å². The Kier molecular flexibility index (Phi) is 11.7. The molecule has 2 N–H and O–H groups in total. The van der Waals surface area contributed by atoms with E-state index in [1.807, 2.05) is 32.2 Å². The molecule has 0 aliphatic carbocycles. The van der Waals surface area contributed by atoms with E-state index in [1.54, 1.807) is 41.8 Å². The Hall–Kier alpha value is -4.32. The Morgan fingerprint density at radius 2 is 1.67 bits per heavy atom. The van der Waals surface area contributed by atoms with Crippen LogP contribution >= 0.6 is 11.8 Å². The molecule has 7 nitrogen and oxygen atoms in total. The van der Waals surface area contributed by atoms with Gasteiger partial charge in [-0.3, -0.25) is 14.5 Å². The summed E-state index contributed by atoms with van der Waals surface area (Å²) in [5, 5.41) is 12.7. The van der Waals surface area contributed by atoms with Crippen molar-refractivity contribution in [3.63, 3.8) is 0 Å². The summed E-state index contributed by atoms with van der Waals surface area (Å²) in [5.41, 5.74) is 0.447. The summed E-state index contributed by atoms with van der Waals surface area (Å²) in [4.78, 5) is 33.0. The number of alkyl halides is 3. The molecule has 258 valence electrons. The third kappa shape index (κ3) is 9.23. The van der Waals surface area contributed by atoms with Crippen molar-refractivity contribution >= 4 is 29.3 Å². The fourth-order valence-corrected chi connectivity index (χ4v) is 6.69. The number of nitrogens with one attached hydrogen (secondary N) is 1. The number of aliphatic hydroxyl groups is 1. The van der Waals surface area contributed by atoms with Crippen LogP contribution in [0.1, 0.15) is 40.9 Å². The number of hydrogen-bond acceptors (Lipinski definition) is 6. The lowest BCUT2D eigenvalue weighted by Gasteiger charge is -2.38. The van der Waals surface area contributed by atoms with Crippen molar-refractivity contribution in [2.24, 2.45) is 5.92 Å². The van der Waals surface area contributed by atoms with E-state index < -0.39 is 36.2 Å². The van der Waals surface area contributed by atoms with E-state index in [0.29, 0.717) is 19.6 Å². The van der Waals surface area contributed by atoms with Gasteiger partial charge in [-0.05, 0) is 67.6 Å². The number of carbonyl (C=O) groups excluding carboxylic acids is 2. The first-order chi connectivity index (χ1) is 23.4. The van der Waals surface area contributed by atoms with Gasteiger partial charge in [-0.2, -0.15) is 13.2 Å². The highest BCUT2D eigenvalue weighted by atomic mass is 32.2. The summed E-state index contributed by atoms with van der Waals surface area (Å²) in [7, 11) is 1.98. The molecule has 49 heavy (non-hydrogen) atoms. The molecule has 4 aromatic rings. The first-order valence-corrected chi connectivity index (χ1v) is 16.9. The van der Waals surface area contributed by atoms with E-state index in [1.165, 1.54) is 18.2 Å². The van der Waals surface area contributed by atoms with Crippen molar-refractivity contribution in [2.75, 3.05) is 32.1 Å². The zero-order valence-corrected chi connectivity index (χ0v) is 28.4. The Morgan fingerprint density at radius 3 is 2.37 bits per heavy atom. The largest absolute Gasteiger partial charge is 0.486 e. The molecule has 11 heteroatoms. The van der Waals surface area contributed by atoms with Gasteiger partial charge in [-0.15, -0.1) is 0 Å². The number of rotatable bonds is 11. The molecule has 0 radical (unpaired) electrons. The minimum Gasteiger partial charge on any atom is -0.486 e. The Balaban J connectivity index is 1.36. The van der Waals surface area contributed by atoms with Crippen LogP contribution in [0.25, 0.3) is 0 Å². The molecule has 1 aliphatic heterocycles. The molecule has 0 spiro atoms. The molecule has 0 bridgehead atoms. The molecule has 0 saturated heterocycles. The van der Waals surface area contributed by atoms with Crippen LogP contribution in [-0.2, 0) is 23.9 Å². The lowest BCUT2D eigenvalue weighted by Crippen LogP contribution is -2.49. The summed E-state index contributed by atoms with van der Waals surface area (Å²) in [6.07, 6.45) is -5.58. The van der Waals surface area contributed by atoms with Gasteiger partial charge >= 0.3 is 6.18 Å². The monoisotopic (exact) mass is 691 g/mol. The van der Waals surface area contributed by atoms with Crippen molar-refractivity contribution in [3.05, 3.63) is 119 Å². The van der Waals surface area contributed by atoms with Crippen molar-refractivity contribution in [3.8, 4) is 5.75 Å². The number of ether oxygens (including phenoxy) is 1. The van der Waals surface area contributed by atoms with Gasteiger partial charge in [0.05, 0.1) is 35.9 Å². The molecule has 0 saturated carbocycles. The maximum Gasteiger partial charge on any atom is 0.416 e. The van der Waals surface area contributed by atoms with Gasteiger partial charge in [-0.25, -0.2) is 0 Å². The second-order valence-corrected chi connectivity index (χ2v) is 13.6. The van der Waals surface area contributed by atoms with Gasteiger partial charge in [0.2, 0.25) is 5.91 Å². The van der Waals surface area contributed by atoms with Crippen LogP contribution in [0.3, 0.4) is 0 Å². The van der Waals surface area contributed by atoms with Crippen molar-refractivity contribution < 1.29 is 32.6 Å². The lowest BCUT2D eigenvalue weighted by molar-refractivity contribution is -0.138. The van der Waals surface area contributed by atoms with Crippen LogP contribution in [0, 0.1) is 5.92 Å². The predicted molar refractivity (Wildman–Crippen MR) is 185 cm³/mol. The van der Waals surface area contributed by atoms with Crippen molar-refractivity contribution in [1.29, 1.82) is 0 Å². The molecule has 1 heterocycles. The molecular weight excluding hydrogens is 651 g/mol. The predicted octanol–water partition coefficient (Wildman–Crippen LogP) is 7.39. The third-order valence-electron chi connectivity index (χ3n) is 8.49. The number of hydrogen-bond donors (Lipinski definition) is 2. The first-order valence-electron chi connectivity index (χ1n) is 16.1. The number of nitrogens with zero attached hydrogens (tertiary/aromatic N) is 2. The van der Waals surface area contributed by atoms with Crippen LogP contribution < -0.4 is 10.1 Å². The van der Waals surface area contributed by atoms with E-state index in [2.05, 4.69) is 46.6 Å². The molecule has 1 aliphatic rings. The van der Waals surface area contributed by atoms with Gasteiger partial charge in [0.1, 0.15) is 6.10 Å². The average Bonchev–Trinajstić information content (AvgIpc) is 3.07. The second-order valence-electron chi connectivity index (χ2n) is 12.4. The molecule has 2 amide bonds. The quantitative estimate of drug-likeness (QED) is 0.171. The highest BCUT2D eigenvalue weighted by Crippen LogP contribution is 2.36. The van der Waals surface area contributed by atoms with E-state index >= 15 is 0 Å². The molecule has 5 rings (SSSR count). The zero-order valence-electron chi connectivity index (χ0n) is 27.6. The Morgan fingerprint density at radius 1 is 1.00 bits per heavy atom. The molecule has 0 unspecified atom stereocenters. The first kappa shape index (κ1) is 36.0. The number of anilines is 1. The summed E-state index contributed by atoms with van der Waals surface area (Å²) in [6.45, 7) is 4.91. The van der Waals surface area contributed by atoms with E-state index in [-0.39, 0.29) is 41.0 Å². The Labute approximate surface area is 289 Å². The summed E-state index contributed by atoms with van der Waals surface area (Å²) in [6, 6.07) is 27.7. The fraction of sp³-hybridized carbons (Fsp3) is 0.316. The number of amides is 2. The minimum absolute atomic E-state index is 0.146. The highest BCUT2D eigenvalue weighted by molar-refractivity contribution is 7.99. The minimum atomic E-state index is -4.61. The normalized spacial score (nSPS) is 17.1. The summed E-state index contributed by atoms with van der Waals surface area (Å²) in [5.74, 6) is -1.09. The number of halogens is 3. The third-order valence-corrected chi connectivity index (χ3v) is 9.50. The molecule has 0 fully saturated rings. The van der Waals surface area contributed by atoms with Crippen LogP contribution in [0.4, 0.5) is 18.9 Å². The van der Waals surface area contributed by atoms with Gasteiger partial charge in [0.15, 0.2) is 5.75 Å². The fourth-order valence-electron chi connectivity index (χ4n) is 5.85. The maximum atomic E-state index is 13.8. The standard InChI is InChI=1S/C38H40F3N3O4S/c1-25-21-44(26(2)24-45)37(47)31-13-9-15-33(42-35(46)20-28-10-7-8-14-32(28)38(39,40)41)36(31)48-34(25)23-43(3)22-27-16-18-30(19-17-27)49-29-11-5-4-6-12-29/h4-19,25-26,34,45H,20-24H2,1-3H3,(H,42,46)/t25-,26+,34-/m1/s1. The number of benzene rings is 4. The number of fused-ring (bicyclic) bond motifs is 1. The molecule has 3 atom stereocenters.